The first kappa shape index (κ1) is 14.0. The van der Waals surface area contributed by atoms with E-state index in [0.717, 1.165) is 32.5 Å². The van der Waals surface area contributed by atoms with Crippen molar-refractivity contribution in [1.29, 1.82) is 5.26 Å². The average molecular weight is 237 g/mol. The minimum atomic E-state index is 0.223. The number of rotatable bonds is 6. The lowest BCUT2D eigenvalue weighted by Gasteiger charge is -2.25. The molecule has 1 aliphatic rings. The van der Waals surface area contributed by atoms with E-state index in [9.17, 15) is 4.79 Å². The van der Waals surface area contributed by atoms with E-state index >= 15 is 0 Å². The summed E-state index contributed by atoms with van der Waals surface area (Å²) < 4.78 is 0. The van der Waals surface area contributed by atoms with E-state index in [1.165, 1.54) is 0 Å². The third-order valence-corrected chi connectivity index (χ3v) is 2.98. The van der Waals surface area contributed by atoms with Gasteiger partial charge < -0.3 is 4.90 Å². The highest BCUT2D eigenvalue weighted by molar-refractivity contribution is 5.78. The van der Waals surface area contributed by atoms with Crippen molar-refractivity contribution in [3.63, 3.8) is 0 Å². The van der Waals surface area contributed by atoms with E-state index in [4.69, 9.17) is 5.26 Å². The van der Waals surface area contributed by atoms with Crippen LogP contribution in [0.3, 0.4) is 0 Å². The molecule has 1 aliphatic heterocycles. The number of carbonyl (C=O) groups is 1. The Morgan fingerprint density at radius 1 is 1.41 bits per heavy atom. The summed E-state index contributed by atoms with van der Waals surface area (Å²) in [5.74, 6) is 0.751. The van der Waals surface area contributed by atoms with E-state index in [0.29, 0.717) is 25.4 Å². The molecular weight excluding hydrogens is 214 g/mol. The van der Waals surface area contributed by atoms with Crippen molar-refractivity contribution in [1.82, 2.24) is 9.80 Å². The standard InChI is InChI=1S/C13H23N3O/c1-12(2)10-15(7-5-6-14)11-13(17)16-8-3-4-9-16/h12H,3-5,7-11H2,1-2H3. The highest BCUT2D eigenvalue weighted by Gasteiger charge is 2.20. The molecule has 0 atom stereocenters. The molecule has 0 unspecified atom stereocenters. The van der Waals surface area contributed by atoms with Crippen LogP contribution in [-0.4, -0.2) is 48.4 Å². The van der Waals surface area contributed by atoms with Gasteiger partial charge in [0.05, 0.1) is 12.6 Å². The highest BCUT2D eigenvalue weighted by atomic mass is 16.2. The number of amides is 1. The Labute approximate surface area is 104 Å². The van der Waals surface area contributed by atoms with Gasteiger partial charge in [0.2, 0.25) is 5.91 Å². The quantitative estimate of drug-likeness (QED) is 0.703. The van der Waals surface area contributed by atoms with Crippen molar-refractivity contribution >= 4 is 5.91 Å². The molecule has 0 radical (unpaired) electrons. The summed E-state index contributed by atoms with van der Waals surface area (Å²) >= 11 is 0. The minimum Gasteiger partial charge on any atom is -0.342 e. The molecule has 0 aliphatic carbocycles. The molecule has 1 amide bonds. The molecule has 1 rings (SSSR count). The third-order valence-electron chi connectivity index (χ3n) is 2.98. The Morgan fingerprint density at radius 2 is 2.06 bits per heavy atom. The molecule has 0 aromatic heterocycles. The largest absolute Gasteiger partial charge is 0.342 e. The van der Waals surface area contributed by atoms with Gasteiger partial charge >= 0.3 is 0 Å². The average Bonchev–Trinajstić information content (AvgIpc) is 2.78. The fourth-order valence-electron chi connectivity index (χ4n) is 2.22. The first-order valence-electron chi connectivity index (χ1n) is 6.50. The number of likely N-dealkylation sites (tertiary alicyclic amines) is 1. The zero-order valence-electron chi connectivity index (χ0n) is 11.0. The molecule has 0 aromatic carbocycles. The van der Waals surface area contributed by atoms with Gasteiger partial charge in [-0.05, 0) is 18.8 Å². The second-order valence-corrected chi connectivity index (χ2v) is 5.12. The van der Waals surface area contributed by atoms with Crippen molar-refractivity contribution in [2.24, 2.45) is 5.92 Å². The molecule has 17 heavy (non-hydrogen) atoms. The van der Waals surface area contributed by atoms with Gasteiger partial charge in [0.15, 0.2) is 0 Å². The van der Waals surface area contributed by atoms with Gasteiger partial charge in [0.1, 0.15) is 0 Å². The molecule has 0 aromatic rings. The molecule has 0 saturated carbocycles. The van der Waals surface area contributed by atoms with Gasteiger partial charge in [-0.15, -0.1) is 0 Å². The SMILES string of the molecule is CC(C)CN(CCC#N)CC(=O)N1CCCC1. The first-order valence-corrected chi connectivity index (χ1v) is 6.50. The zero-order chi connectivity index (χ0) is 12.7. The number of carbonyl (C=O) groups excluding carboxylic acids is 1. The van der Waals surface area contributed by atoms with Crippen LogP contribution in [0.15, 0.2) is 0 Å². The smallest absolute Gasteiger partial charge is 0.236 e. The van der Waals surface area contributed by atoms with Crippen LogP contribution in [0.25, 0.3) is 0 Å². The molecule has 0 N–H and O–H groups in total. The predicted octanol–water partition coefficient (Wildman–Crippen LogP) is 1.48. The highest BCUT2D eigenvalue weighted by Crippen LogP contribution is 2.09. The van der Waals surface area contributed by atoms with Gasteiger partial charge in [-0.25, -0.2) is 0 Å². The molecule has 1 saturated heterocycles. The lowest BCUT2D eigenvalue weighted by atomic mass is 10.2. The Balaban J connectivity index is 2.40. The van der Waals surface area contributed by atoms with Crippen LogP contribution in [0.5, 0.6) is 0 Å². The van der Waals surface area contributed by atoms with E-state index in [2.05, 4.69) is 24.8 Å². The van der Waals surface area contributed by atoms with Crippen molar-refractivity contribution in [2.45, 2.75) is 33.1 Å². The first-order chi connectivity index (χ1) is 8.13. The molecule has 4 heteroatoms. The topological polar surface area (TPSA) is 47.3 Å². The van der Waals surface area contributed by atoms with Gasteiger partial charge in [0.25, 0.3) is 0 Å². The molecule has 0 spiro atoms. The van der Waals surface area contributed by atoms with Gasteiger partial charge in [-0.2, -0.15) is 5.26 Å². The maximum absolute atomic E-state index is 12.0. The molecular formula is C13H23N3O. The van der Waals surface area contributed by atoms with Crippen molar-refractivity contribution < 1.29 is 4.79 Å². The van der Waals surface area contributed by atoms with Crippen LogP contribution >= 0.6 is 0 Å². The molecule has 1 heterocycles. The fraction of sp³-hybridized carbons (Fsp3) is 0.846. The number of nitrogens with zero attached hydrogens (tertiary/aromatic N) is 3. The van der Waals surface area contributed by atoms with E-state index in [1.807, 2.05) is 4.90 Å². The molecule has 4 nitrogen and oxygen atoms in total. The number of hydrogen-bond donors (Lipinski definition) is 0. The maximum atomic E-state index is 12.0. The van der Waals surface area contributed by atoms with E-state index < -0.39 is 0 Å². The summed E-state index contributed by atoms with van der Waals surface area (Å²) in [6.07, 6.45) is 2.77. The second kappa shape index (κ2) is 7.29. The minimum absolute atomic E-state index is 0.223. The third kappa shape index (κ3) is 5.18. The fourth-order valence-corrected chi connectivity index (χ4v) is 2.22. The monoisotopic (exact) mass is 237 g/mol. The Morgan fingerprint density at radius 3 is 2.59 bits per heavy atom. The van der Waals surface area contributed by atoms with Gasteiger partial charge in [-0.3, -0.25) is 9.69 Å². The van der Waals surface area contributed by atoms with Gasteiger partial charge in [-0.1, -0.05) is 13.8 Å². The Bertz CT molecular complexity index is 277. The van der Waals surface area contributed by atoms with Crippen LogP contribution in [-0.2, 0) is 4.79 Å². The lowest BCUT2D eigenvalue weighted by Crippen LogP contribution is -2.40. The molecule has 0 bridgehead atoms. The summed E-state index contributed by atoms with van der Waals surface area (Å²) in [5.41, 5.74) is 0. The van der Waals surface area contributed by atoms with Crippen LogP contribution in [0.1, 0.15) is 33.1 Å². The van der Waals surface area contributed by atoms with Crippen LogP contribution < -0.4 is 0 Å². The Hall–Kier alpha value is -1.08. The molecule has 1 fully saturated rings. The second-order valence-electron chi connectivity index (χ2n) is 5.12. The number of hydrogen-bond acceptors (Lipinski definition) is 3. The van der Waals surface area contributed by atoms with E-state index in [-0.39, 0.29) is 5.91 Å². The summed E-state index contributed by atoms with van der Waals surface area (Å²) in [4.78, 5) is 16.1. The number of nitriles is 1. The summed E-state index contributed by atoms with van der Waals surface area (Å²) in [7, 11) is 0. The van der Waals surface area contributed by atoms with E-state index in [1.54, 1.807) is 0 Å². The maximum Gasteiger partial charge on any atom is 0.236 e. The Kier molecular flexibility index (Phi) is 5.99. The van der Waals surface area contributed by atoms with Crippen LogP contribution in [0.4, 0.5) is 0 Å². The summed E-state index contributed by atoms with van der Waals surface area (Å²) in [6, 6.07) is 2.15. The van der Waals surface area contributed by atoms with Crippen molar-refractivity contribution in [3.05, 3.63) is 0 Å². The summed E-state index contributed by atoms with van der Waals surface area (Å²) in [5, 5.41) is 8.62. The zero-order valence-corrected chi connectivity index (χ0v) is 11.0. The normalized spacial score (nSPS) is 15.6. The van der Waals surface area contributed by atoms with Gasteiger partial charge in [0, 0.05) is 32.6 Å². The molecule has 96 valence electrons. The predicted molar refractivity (Wildman–Crippen MR) is 67.3 cm³/mol. The van der Waals surface area contributed by atoms with Crippen LogP contribution in [0.2, 0.25) is 0 Å². The summed E-state index contributed by atoms with van der Waals surface area (Å²) in [6.45, 7) is 8.16. The van der Waals surface area contributed by atoms with Crippen LogP contribution in [0, 0.1) is 17.2 Å². The lowest BCUT2D eigenvalue weighted by molar-refractivity contribution is -0.131. The van der Waals surface area contributed by atoms with Crippen molar-refractivity contribution in [3.8, 4) is 6.07 Å². The van der Waals surface area contributed by atoms with Crippen molar-refractivity contribution in [2.75, 3.05) is 32.7 Å².